The van der Waals surface area contributed by atoms with Crippen molar-refractivity contribution in [1.29, 1.82) is 0 Å². The van der Waals surface area contributed by atoms with Gasteiger partial charge >= 0.3 is 5.97 Å². The minimum atomic E-state index is -1.22. The number of carbonyl (C=O) groups is 3. The molecule has 2 aromatic rings. The molecule has 152 valence electrons. The molecular weight excluding hydrogens is 388 g/mol. The van der Waals surface area contributed by atoms with Crippen LogP contribution in [-0.2, 0) is 15.0 Å². The van der Waals surface area contributed by atoms with Crippen LogP contribution < -0.4 is 0 Å². The first-order chi connectivity index (χ1) is 13.5. The minimum absolute atomic E-state index is 0.0727. The molecule has 2 amide bonds. The molecule has 0 spiro atoms. The van der Waals surface area contributed by atoms with Crippen molar-refractivity contribution in [3.63, 3.8) is 0 Å². The zero-order chi connectivity index (χ0) is 21.5. The highest BCUT2D eigenvalue weighted by atomic mass is 32.2. The fourth-order valence-electron chi connectivity index (χ4n) is 3.35. The van der Waals surface area contributed by atoms with Gasteiger partial charge in [-0.3, -0.25) is 19.3 Å². The summed E-state index contributed by atoms with van der Waals surface area (Å²) in [6.45, 7) is 9.83. The maximum Gasteiger partial charge on any atom is 0.323 e. The molecule has 29 heavy (non-hydrogen) atoms. The molecule has 1 aromatic carbocycles. The van der Waals surface area contributed by atoms with Crippen molar-refractivity contribution in [3.8, 4) is 5.69 Å². The van der Waals surface area contributed by atoms with Crippen LogP contribution in [0.25, 0.3) is 11.8 Å². The second kappa shape index (κ2) is 7.55. The smallest absolute Gasteiger partial charge is 0.323 e. The first kappa shape index (κ1) is 20.9. The third kappa shape index (κ3) is 4.15. The van der Waals surface area contributed by atoms with Crippen LogP contribution in [0.2, 0.25) is 0 Å². The molecule has 1 N–H and O–H groups in total. The highest BCUT2D eigenvalue weighted by Gasteiger charge is 2.36. The van der Waals surface area contributed by atoms with Crippen molar-refractivity contribution in [3.05, 3.63) is 57.8 Å². The number of amides is 2. The van der Waals surface area contributed by atoms with E-state index in [4.69, 9.17) is 5.11 Å². The van der Waals surface area contributed by atoms with Crippen molar-refractivity contribution in [2.45, 2.75) is 40.0 Å². The van der Waals surface area contributed by atoms with Gasteiger partial charge in [0.1, 0.15) is 6.54 Å². The number of benzene rings is 1. The fraction of sp³-hybridized carbons (Fsp3) is 0.318. The van der Waals surface area contributed by atoms with Gasteiger partial charge in [-0.25, -0.2) is 0 Å². The Bertz CT molecular complexity index is 1030. The predicted molar refractivity (Wildman–Crippen MR) is 114 cm³/mol. The number of carboxylic acids is 1. The Morgan fingerprint density at radius 3 is 2.31 bits per heavy atom. The second-order valence-electron chi connectivity index (χ2n) is 8.12. The normalized spacial score (nSPS) is 16.2. The van der Waals surface area contributed by atoms with Gasteiger partial charge in [0.2, 0.25) is 0 Å². The van der Waals surface area contributed by atoms with Gasteiger partial charge in [-0.1, -0.05) is 32.9 Å². The third-order valence-electron chi connectivity index (χ3n) is 4.92. The number of rotatable bonds is 4. The van der Waals surface area contributed by atoms with Gasteiger partial charge in [0.25, 0.3) is 11.1 Å². The van der Waals surface area contributed by atoms with Gasteiger partial charge in [-0.15, -0.1) is 0 Å². The molecule has 0 aliphatic carbocycles. The minimum Gasteiger partial charge on any atom is -0.480 e. The first-order valence-corrected chi connectivity index (χ1v) is 10.1. The van der Waals surface area contributed by atoms with Crippen molar-refractivity contribution < 1.29 is 19.5 Å². The number of aliphatic carboxylic acids is 1. The first-order valence-electron chi connectivity index (χ1n) is 9.26. The van der Waals surface area contributed by atoms with Crippen LogP contribution in [0.1, 0.15) is 43.3 Å². The topological polar surface area (TPSA) is 79.6 Å². The molecule has 0 saturated carbocycles. The Morgan fingerprint density at radius 1 is 1.14 bits per heavy atom. The average molecular weight is 413 g/mol. The van der Waals surface area contributed by atoms with Crippen LogP contribution >= 0.6 is 11.8 Å². The van der Waals surface area contributed by atoms with Crippen LogP contribution in [0.15, 0.2) is 35.2 Å². The van der Waals surface area contributed by atoms with E-state index in [-0.39, 0.29) is 10.3 Å². The van der Waals surface area contributed by atoms with E-state index in [1.54, 1.807) is 6.08 Å². The Hall–Kier alpha value is -2.80. The highest BCUT2D eigenvalue weighted by molar-refractivity contribution is 8.18. The van der Waals surface area contributed by atoms with E-state index in [1.807, 2.05) is 19.9 Å². The van der Waals surface area contributed by atoms with E-state index in [9.17, 15) is 14.4 Å². The Balaban J connectivity index is 1.94. The average Bonchev–Trinajstić information content (AvgIpc) is 3.04. The van der Waals surface area contributed by atoms with Gasteiger partial charge in [0, 0.05) is 17.1 Å². The van der Waals surface area contributed by atoms with Crippen molar-refractivity contribution in [2.24, 2.45) is 0 Å². The molecule has 0 unspecified atom stereocenters. The van der Waals surface area contributed by atoms with Crippen LogP contribution in [0.4, 0.5) is 4.79 Å². The number of carbonyl (C=O) groups excluding carboxylic acids is 2. The van der Waals surface area contributed by atoms with Crippen LogP contribution in [-0.4, -0.2) is 38.2 Å². The van der Waals surface area contributed by atoms with E-state index >= 15 is 0 Å². The number of nitrogens with zero attached hydrogens (tertiary/aromatic N) is 2. The lowest BCUT2D eigenvalue weighted by atomic mass is 9.87. The molecule has 6 nitrogen and oxygen atoms in total. The van der Waals surface area contributed by atoms with E-state index in [0.717, 1.165) is 39.3 Å². The van der Waals surface area contributed by atoms with Gasteiger partial charge in [0.15, 0.2) is 0 Å². The summed E-state index contributed by atoms with van der Waals surface area (Å²) in [4.78, 5) is 36.2. The molecule has 0 radical (unpaired) electrons. The van der Waals surface area contributed by atoms with Gasteiger partial charge in [0.05, 0.1) is 4.91 Å². The zero-order valence-corrected chi connectivity index (χ0v) is 18.0. The summed E-state index contributed by atoms with van der Waals surface area (Å²) in [5.74, 6) is -1.79. The molecule has 1 aliphatic rings. The molecule has 1 aromatic heterocycles. The fourth-order valence-corrected chi connectivity index (χ4v) is 4.18. The molecular formula is C22H24N2O4S. The number of thioether (sulfide) groups is 1. The van der Waals surface area contributed by atoms with Crippen molar-refractivity contribution in [1.82, 2.24) is 9.47 Å². The number of aromatic nitrogens is 1. The maximum absolute atomic E-state index is 12.4. The standard InChI is InChI=1S/C22H24N2O4S/c1-13-10-15(11-18-20(27)23(12-19(25)26)21(28)29-18)14(2)24(13)17-8-6-16(7-9-17)22(3,4)5/h6-11H,12H2,1-5H3,(H,25,26)/b18-11-. The van der Waals surface area contributed by atoms with E-state index in [1.165, 1.54) is 5.56 Å². The third-order valence-corrected chi connectivity index (χ3v) is 5.82. The number of carboxylic acid groups (broad SMARTS) is 1. The predicted octanol–water partition coefficient (Wildman–Crippen LogP) is 4.51. The lowest BCUT2D eigenvalue weighted by molar-refractivity contribution is -0.140. The molecule has 2 heterocycles. The van der Waals surface area contributed by atoms with Crippen molar-refractivity contribution >= 4 is 35.0 Å². The van der Waals surface area contributed by atoms with Gasteiger partial charge < -0.3 is 9.67 Å². The number of hydrogen-bond donors (Lipinski definition) is 1. The molecule has 1 aliphatic heterocycles. The largest absolute Gasteiger partial charge is 0.480 e. The Kier molecular flexibility index (Phi) is 5.45. The van der Waals surface area contributed by atoms with Crippen LogP contribution in [0, 0.1) is 13.8 Å². The Labute approximate surface area is 174 Å². The number of aryl methyl sites for hydroxylation is 1. The lowest BCUT2D eigenvalue weighted by Crippen LogP contribution is -2.33. The second-order valence-corrected chi connectivity index (χ2v) is 9.11. The summed E-state index contributed by atoms with van der Waals surface area (Å²) in [6.07, 6.45) is 1.66. The number of imide groups is 1. The summed E-state index contributed by atoms with van der Waals surface area (Å²) in [6, 6.07) is 10.3. The number of hydrogen-bond acceptors (Lipinski definition) is 4. The quantitative estimate of drug-likeness (QED) is 0.747. The summed E-state index contributed by atoms with van der Waals surface area (Å²) in [5, 5.41) is 8.33. The van der Waals surface area contributed by atoms with E-state index in [2.05, 4.69) is 49.6 Å². The van der Waals surface area contributed by atoms with Gasteiger partial charge in [-0.05, 0) is 66.4 Å². The summed E-state index contributed by atoms with van der Waals surface area (Å²) in [5.41, 5.74) is 5.10. The van der Waals surface area contributed by atoms with E-state index < -0.39 is 23.7 Å². The highest BCUT2D eigenvalue weighted by Crippen LogP contribution is 2.34. The monoisotopic (exact) mass is 412 g/mol. The molecule has 0 bridgehead atoms. The maximum atomic E-state index is 12.4. The summed E-state index contributed by atoms with van der Waals surface area (Å²) >= 11 is 0.769. The summed E-state index contributed by atoms with van der Waals surface area (Å²) < 4.78 is 2.10. The lowest BCUT2D eigenvalue weighted by Gasteiger charge is -2.20. The molecule has 1 saturated heterocycles. The van der Waals surface area contributed by atoms with Crippen molar-refractivity contribution in [2.75, 3.05) is 6.54 Å². The molecule has 1 fully saturated rings. The molecule has 7 heteroatoms. The molecule has 0 atom stereocenters. The SMILES string of the molecule is Cc1cc(/C=C2\SC(=O)N(CC(=O)O)C2=O)c(C)n1-c1ccc(C(C)(C)C)cc1. The summed E-state index contributed by atoms with van der Waals surface area (Å²) in [7, 11) is 0. The zero-order valence-electron chi connectivity index (χ0n) is 17.1. The van der Waals surface area contributed by atoms with Gasteiger partial charge in [-0.2, -0.15) is 0 Å². The van der Waals surface area contributed by atoms with Crippen LogP contribution in [0.3, 0.4) is 0 Å². The van der Waals surface area contributed by atoms with Crippen LogP contribution in [0.5, 0.6) is 0 Å². The molecule has 3 rings (SSSR count). The van der Waals surface area contributed by atoms with E-state index in [0.29, 0.717) is 0 Å². The Morgan fingerprint density at radius 2 is 1.76 bits per heavy atom.